The van der Waals surface area contributed by atoms with Crippen molar-refractivity contribution in [2.24, 2.45) is 0 Å². The molecule has 3 rings (SSSR count). The monoisotopic (exact) mass is 403 g/mol. The number of hydrogen-bond acceptors (Lipinski definition) is 5. The van der Waals surface area contributed by atoms with Gasteiger partial charge in [0.15, 0.2) is 9.84 Å². The Labute approximate surface area is 158 Å². The first-order valence-electron chi connectivity index (χ1n) is 7.83. The SMILES string of the molecule is Cl.N#CC1(NC(=O)[C@@H]2C[C@@H](S(=O)(=O)c3ccccc3Cl)CN2)CCC1. The zero-order valence-corrected chi connectivity index (χ0v) is 15.8. The Hall–Kier alpha value is -1.33. The fourth-order valence-corrected chi connectivity index (χ4v) is 5.30. The van der Waals surface area contributed by atoms with Crippen molar-refractivity contribution < 1.29 is 13.2 Å². The number of carbonyl (C=O) groups excluding carboxylic acids is 1. The number of nitrogens with one attached hydrogen (secondary N) is 2. The Morgan fingerprint density at radius 1 is 1.36 bits per heavy atom. The maximum atomic E-state index is 12.7. The van der Waals surface area contributed by atoms with Gasteiger partial charge in [-0.3, -0.25) is 4.79 Å². The van der Waals surface area contributed by atoms with Crippen LogP contribution in [0.3, 0.4) is 0 Å². The van der Waals surface area contributed by atoms with Gasteiger partial charge in [0.1, 0.15) is 5.54 Å². The van der Waals surface area contributed by atoms with Crippen molar-refractivity contribution in [1.29, 1.82) is 5.26 Å². The van der Waals surface area contributed by atoms with Gasteiger partial charge in [-0.15, -0.1) is 12.4 Å². The molecule has 2 aliphatic rings. The number of carbonyl (C=O) groups is 1. The van der Waals surface area contributed by atoms with Crippen LogP contribution in [0.5, 0.6) is 0 Å². The van der Waals surface area contributed by atoms with Crippen molar-refractivity contribution in [1.82, 2.24) is 10.6 Å². The van der Waals surface area contributed by atoms with Gasteiger partial charge in [0.2, 0.25) is 5.91 Å². The summed E-state index contributed by atoms with van der Waals surface area (Å²) in [6.45, 7) is 0.186. The third-order valence-corrected chi connectivity index (χ3v) is 7.42. The second-order valence-electron chi connectivity index (χ2n) is 6.33. The molecule has 0 radical (unpaired) electrons. The van der Waals surface area contributed by atoms with Crippen molar-refractivity contribution >= 4 is 39.8 Å². The maximum absolute atomic E-state index is 12.7. The van der Waals surface area contributed by atoms with Crippen LogP contribution in [0, 0.1) is 11.3 Å². The number of nitrogens with zero attached hydrogens (tertiary/aromatic N) is 1. The van der Waals surface area contributed by atoms with E-state index in [-0.39, 0.29) is 41.2 Å². The minimum atomic E-state index is -3.62. The minimum Gasteiger partial charge on any atom is -0.336 e. The van der Waals surface area contributed by atoms with Gasteiger partial charge in [0.05, 0.1) is 27.3 Å². The van der Waals surface area contributed by atoms with E-state index in [1.54, 1.807) is 12.1 Å². The third kappa shape index (κ3) is 3.77. The second kappa shape index (κ2) is 7.50. The molecular formula is C16H19Cl2N3O3S. The van der Waals surface area contributed by atoms with E-state index in [1.807, 2.05) is 0 Å². The largest absolute Gasteiger partial charge is 0.336 e. The Bertz CT molecular complexity index is 803. The van der Waals surface area contributed by atoms with Gasteiger partial charge in [-0.2, -0.15) is 5.26 Å². The van der Waals surface area contributed by atoms with E-state index >= 15 is 0 Å². The van der Waals surface area contributed by atoms with E-state index in [9.17, 15) is 18.5 Å². The molecule has 136 valence electrons. The lowest BCUT2D eigenvalue weighted by atomic mass is 9.78. The summed E-state index contributed by atoms with van der Waals surface area (Å²) in [5.74, 6) is -0.312. The Morgan fingerprint density at radius 2 is 2.04 bits per heavy atom. The summed E-state index contributed by atoms with van der Waals surface area (Å²) in [6, 6.07) is 7.84. The molecule has 2 atom stereocenters. The van der Waals surface area contributed by atoms with Crippen molar-refractivity contribution in [2.75, 3.05) is 6.54 Å². The summed E-state index contributed by atoms with van der Waals surface area (Å²) < 4.78 is 25.4. The number of amides is 1. The summed E-state index contributed by atoms with van der Waals surface area (Å²) in [5, 5.41) is 14.4. The van der Waals surface area contributed by atoms with E-state index < -0.39 is 26.7 Å². The van der Waals surface area contributed by atoms with Gasteiger partial charge in [-0.05, 0) is 37.8 Å². The second-order valence-corrected chi connectivity index (χ2v) is 8.93. The highest BCUT2D eigenvalue weighted by atomic mass is 35.5. The van der Waals surface area contributed by atoms with E-state index in [0.717, 1.165) is 6.42 Å². The van der Waals surface area contributed by atoms with Gasteiger partial charge in [-0.25, -0.2) is 8.42 Å². The number of nitriles is 1. The molecule has 0 aromatic heterocycles. The Kier molecular flexibility index (Phi) is 6.00. The zero-order valence-electron chi connectivity index (χ0n) is 13.4. The molecule has 1 aromatic rings. The molecule has 0 bridgehead atoms. The van der Waals surface area contributed by atoms with Crippen LogP contribution in [0.25, 0.3) is 0 Å². The van der Waals surface area contributed by atoms with Crippen molar-refractivity contribution in [3.63, 3.8) is 0 Å². The molecule has 25 heavy (non-hydrogen) atoms. The summed E-state index contributed by atoms with van der Waals surface area (Å²) >= 11 is 6.00. The molecule has 2 N–H and O–H groups in total. The van der Waals surface area contributed by atoms with Gasteiger partial charge in [-0.1, -0.05) is 23.7 Å². The molecule has 1 heterocycles. The predicted molar refractivity (Wildman–Crippen MR) is 96.4 cm³/mol. The van der Waals surface area contributed by atoms with Crippen LogP contribution >= 0.6 is 24.0 Å². The lowest BCUT2D eigenvalue weighted by Crippen LogP contribution is -2.56. The summed E-state index contributed by atoms with van der Waals surface area (Å²) in [6.07, 6.45) is 2.36. The standard InChI is InChI=1S/C16H18ClN3O3S.ClH/c17-12-4-1-2-5-14(12)24(22,23)11-8-13(19-9-11)15(21)20-16(10-18)6-3-7-16;/h1-2,4-5,11,13,19H,3,6-9H2,(H,20,21);1H/t11-,13+;/m1./s1. The van der Waals surface area contributed by atoms with Crippen molar-refractivity contribution in [3.05, 3.63) is 29.3 Å². The maximum Gasteiger partial charge on any atom is 0.238 e. The summed E-state index contributed by atoms with van der Waals surface area (Å²) in [7, 11) is -3.62. The highest BCUT2D eigenvalue weighted by molar-refractivity contribution is 7.92. The average molecular weight is 404 g/mol. The van der Waals surface area contributed by atoms with Gasteiger partial charge >= 0.3 is 0 Å². The smallest absolute Gasteiger partial charge is 0.238 e. The summed E-state index contributed by atoms with van der Waals surface area (Å²) in [5.41, 5.74) is -0.779. The van der Waals surface area contributed by atoms with Crippen LogP contribution in [-0.2, 0) is 14.6 Å². The number of benzene rings is 1. The van der Waals surface area contributed by atoms with Crippen LogP contribution in [-0.4, -0.2) is 37.7 Å². The Balaban J connectivity index is 0.00000225. The normalized spacial score (nSPS) is 24.5. The number of hydrogen-bond donors (Lipinski definition) is 2. The van der Waals surface area contributed by atoms with Crippen LogP contribution in [0.2, 0.25) is 5.02 Å². The molecule has 2 fully saturated rings. The van der Waals surface area contributed by atoms with Gasteiger partial charge in [0.25, 0.3) is 0 Å². The summed E-state index contributed by atoms with van der Waals surface area (Å²) in [4.78, 5) is 12.4. The first kappa shape index (κ1) is 20.0. The number of rotatable bonds is 4. The predicted octanol–water partition coefficient (Wildman–Crippen LogP) is 1.83. The van der Waals surface area contributed by atoms with Crippen LogP contribution in [0.15, 0.2) is 29.2 Å². The third-order valence-electron chi connectivity index (χ3n) is 4.77. The molecule has 1 saturated carbocycles. The molecule has 1 aromatic carbocycles. The molecule has 1 aliphatic carbocycles. The molecular weight excluding hydrogens is 385 g/mol. The van der Waals surface area contributed by atoms with Crippen molar-refractivity contribution in [3.8, 4) is 6.07 Å². The molecule has 0 unspecified atom stereocenters. The van der Waals surface area contributed by atoms with Gasteiger partial charge < -0.3 is 10.6 Å². The highest BCUT2D eigenvalue weighted by Gasteiger charge is 2.43. The fraction of sp³-hybridized carbons (Fsp3) is 0.500. The van der Waals surface area contributed by atoms with Crippen molar-refractivity contribution in [2.45, 2.75) is 47.4 Å². The number of sulfone groups is 1. The van der Waals surface area contributed by atoms with E-state index in [0.29, 0.717) is 12.8 Å². The van der Waals surface area contributed by atoms with Crippen LogP contribution in [0.4, 0.5) is 0 Å². The quantitative estimate of drug-likeness (QED) is 0.798. The average Bonchev–Trinajstić information content (AvgIpc) is 3.02. The molecule has 6 nitrogen and oxygen atoms in total. The first-order valence-corrected chi connectivity index (χ1v) is 9.75. The first-order chi connectivity index (χ1) is 11.4. The molecule has 1 aliphatic heterocycles. The highest BCUT2D eigenvalue weighted by Crippen LogP contribution is 2.32. The fourth-order valence-electron chi connectivity index (χ4n) is 3.11. The lowest BCUT2D eigenvalue weighted by molar-refractivity contribution is -0.124. The number of halogens is 2. The molecule has 9 heteroatoms. The molecule has 1 amide bonds. The lowest BCUT2D eigenvalue weighted by Gasteiger charge is -2.36. The molecule has 0 spiro atoms. The topological polar surface area (TPSA) is 99.1 Å². The van der Waals surface area contributed by atoms with Crippen LogP contribution in [0.1, 0.15) is 25.7 Å². The zero-order chi connectivity index (χ0) is 17.4. The molecule has 1 saturated heterocycles. The van der Waals surface area contributed by atoms with Crippen LogP contribution < -0.4 is 10.6 Å². The van der Waals surface area contributed by atoms with Gasteiger partial charge in [0, 0.05) is 6.54 Å². The minimum absolute atomic E-state index is 0. The Morgan fingerprint density at radius 3 is 2.60 bits per heavy atom. The van der Waals surface area contributed by atoms with E-state index in [1.165, 1.54) is 12.1 Å². The van der Waals surface area contributed by atoms with E-state index in [2.05, 4.69) is 16.7 Å². The van der Waals surface area contributed by atoms with E-state index in [4.69, 9.17) is 11.6 Å².